The lowest BCUT2D eigenvalue weighted by atomic mass is 10.2. The van der Waals surface area contributed by atoms with Gasteiger partial charge in [-0.1, -0.05) is 6.92 Å². The standard InChI is InChI=1S/C11H19N5O3/c1-3-4-16-10(12-13-14-16)8-15-5-6-19-9(7-15)11(17)18-2/h9H,3-8H2,1-2H3. The van der Waals surface area contributed by atoms with E-state index in [1.807, 2.05) is 0 Å². The van der Waals surface area contributed by atoms with E-state index in [0.29, 0.717) is 19.7 Å². The topological polar surface area (TPSA) is 82.4 Å². The van der Waals surface area contributed by atoms with Crippen molar-refractivity contribution >= 4 is 5.97 Å². The van der Waals surface area contributed by atoms with Crippen LogP contribution in [0.25, 0.3) is 0 Å². The maximum atomic E-state index is 11.5. The average molecular weight is 269 g/mol. The van der Waals surface area contributed by atoms with Crippen molar-refractivity contribution in [2.45, 2.75) is 32.5 Å². The fourth-order valence-corrected chi connectivity index (χ4v) is 2.04. The first-order valence-electron chi connectivity index (χ1n) is 6.41. The maximum absolute atomic E-state index is 11.5. The number of nitrogens with zero attached hydrogens (tertiary/aromatic N) is 5. The summed E-state index contributed by atoms with van der Waals surface area (Å²) in [4.78, 5) is 13.6. The number of aryl methyl sites for hydroxylation is 1. The molecule has 0 aromatic carbocycles. The van der Waals surface area contributed by atoms with Crippen molar-refractivity contribution in [1.29, 1.82) is 0 Å². The Morgan fingerprint density at radius 1 is 1.58 bits per heavy atom. The summed E-state index contributed by atoms with van der Waals surface area (Å²) < 4.78 is 11.9. The molecule has 1 fully saturated rings. The molecule has 8 nitrogen and oxygen atoms in total. The maximum Gasteiger partial charge on any atom is 0.336 e. The van der Waals surface area contributed by atoms with E-state index < -0.39 is 6.10 Å². The first kappa shape index (κ1) is 13.9. The van der Waals surface area contributed by atoms with E-state index in [1.165, 1.54) is 7.11 Å². The zero-order valence-electron chi connectivity index (χ0n) is 11.3. The highest BCUT2D eigenvalue weighted by Crippen LogP contribution is 2.10. The Morgan fingerprint density at radius 3 is 3.16 bits per heavy atom. The second-order valence-corrected chi connectivity index (χ2v) is 4.44. The minimum atomic E-state index is -0.519. The molecule has 1 atom stereocenters. The van der Waals surface area contributed by atoms with Gasteiger partial charge in [0.2, 0.25) is 0 Å². The van der Waals surface area contributed by atoms with Crippen LogP contribution in [0, 0.1) is 0 Å². The van der Waals surface area contributed by atoms with Crippen molar-refractivity contribution < 1.29 is 14.3 Å². The Bertz CT molecular complexity index is 422. The lowest BCUT2D eigenvalue weighted by molar-refractivity contribution is -0.160. The van der Waals surface area contributed by atoms with Crippen molar-refractivity contribution in [3.8, 4) is 0 Å². The van der Waals surface area contributed by atoms with E-state index in [4.69, 9.17) is 9.47 Å². The Balaban J connectivity index is 1.94. The van der Waals surface area contributed by atoms with Gasteiger partial charge in [-0.05, 0) is 16.8 Å². The molecule has 1 aliphatic rings. The summed E-state index contributed by atoms with van der Waals surface area (Å²) in [5, 5.41) is 11.7. The molecule has 2 heterocycles. The molecule has 1 aromatic rings. The van der Waals surface area contributed by atoms with Crippen LogP contribution in [0.15, 0.2) is 0 Å². The van der Waals surface area contributed by atoms with Crippen molar-refractivity contribution in [1.82, 2.24) is 25.1 Å². The van der Waals surface area contributed by atoms with Crippen LogP contribution >= 0.6 is 0 Å². The molecule has 1 unspecified atom stereocenters. The highest BCUT2D eigenvalue weighted by atomic mass is 16.6. The highest BCUT2D eigenvalue weighted by molar-refractivity contribution is 5.74. The SMILES string of the molecule is CCCn1nnnc1CN1CCOC(C(=O)OC)C1. The highest BCUT2D eigenvalue weighted by Gasteiger charge is 2.28. The normalized spacial score (nSPS) is 20.4. The number of ether oxygens (including phenoxy) is 2. The van der Waals surface area contributed by atoms with E-state index in [0.717, 1.165) is 25.3 Å². The number of hydrogen-bond acceptors (Lipinski definition) is 7. The second kappa shape index (κ2) is 6.58. The van der Waals surface area contributed by atoms with Gasteiger partial charge in [0.25, 0.3) is 0 Å². The van der Waals surface area contributed by atoms with Crippen molar-refractivity contribution in [3.05, 3.63) is 5.82 Å². The molecule has 0 bridgehead atoms. The fraction of sp³-hybridized carbons (Fsp3) is 0.818. The fourth-order valence-electron chi connectivity index (χ4n) is 2.04. The molecule has 0 radical (unpaired) electrons. The summed E-state index contributed by atoms with van der Waals surface area (Å²) in [5.41, 5.74) is 0. The molecule has 8 heteroatoms. The third-order valence-corrected chi connectivity index (χ3v) is 3.02. The van der Waals surface area contributed by atoms with E-state index in [9.17, 15) is 4.79 Å². The van der Waals surface area contributed by atoms with Gasteiger partial charge < -0.3 is 9.47 Å². The van der Waals surface area contributed by atoms with Gasteiger partial charge in [0, 0.05) is 19.6 Å². The summed E-state index contributed by atoms with van der Waals surface area (Å²) in [6, 6.07) is 0. The van der Waals surface area contributed by atoms with Crippen LogP contribution in [-0.4, -0.2) is 64.0 Å². The van der Waals surface area contributed by atoms with E-state index in [-0.39, 0.29) is 5.97 Å². The number of carbonyl (C=O) groups is 1. The molecule has 19 heavy (non-hydrogen) atoms. The van der Waals surface area contributed by atoms with Crippen LogP contribution < -0.4 is 0 Å². The largest absolute Gasteiger partial charge is 0.467 e. The predicted octanol–water partition coefficient (Wildman–Crippen LogP) is -0.543. The van der Waals surface area contributed by atoms with E-state index in [2.05, 4.69) is 27.3 Å². The van der Waals surface area contributed by atoms with Gasteiger partial charge in [0.05, 0.1) is 20.3 Å². The summed E-state index contributed by atoms with van der Waals surface area (Å²) in [5.74, 6) is 0.477. The molecular weight excluding hydrogens is 250 g/mol. The Hall–Kier alpha value is -1.54. The predicted molar refractivity (Wildman–Crippen MR) is 65.1 cm³/mol. The summed E-state index contributed by atoms with van der Waals surface area (Å²) >= 11 is 0. The lowest BCUT2D eigenvalue weighted by Gasteiger charge is -2.30. The summed E-state index contributed by atoms with van der Waals surface area (Å²) in [7, 11) is 1.37. The van der Waals surface area contributed by atoms with E-state index in [1.54, 1.807) is 4.68 Å². The molecule has 106 valence electrons. The van der Waals surface area contributed by atoms with Gasteiger partial charge in [0.15, 0.2) is 11.9 Å². The van der Waals surface area contributed by atoms with E-state index >= 15 is 0 Å². The number of methoxy groups -OCH3 is 1. The minimum Gasteiger partial charge on any atom is -0.467 e. The monoisotopic (exact) mass is 269 g/mol. The molecule has 1 aliphatic heterocycles. The quantitative estimate of drug-likeness (QED) is 0.664. The van der Waals surface area contributed by atoms with Gasteiger partial charge in [-0.3, -0.25) is 4.90 Å². The first-order chi connectivity index (χ1) is 9.24. The minimum absolute atomic E-state index is 0.335. The molecule has 0 aliphatic carbocycles. The Morgan fingerprint density at radius 2 is 2.42 bits per heavy atom. The van der Waals surface area contributed by atoms with Gasteiger partial charge in [0.1, 0.15) is 0 Å². The molecule has 0 N–H and O–H groups in total. The van der Waals surface area contributed by atoms with Crippen LogP contribution in [0.3, 0.4) is 0 Å². The number of aromatic nitrogens is 4. The zero-order chi connectivity index (χ0) is 13.7. The van der Waals surface area contributed by atoms with Crippen LogP contribution in [0.2, 0.25) is 0 Å². The van der Waals surface area contributed by atoms with Gasteiger partial charge in [-0.2, -0.15) is 0 Å². The summed E-state index contributed by atoms with van der Waals surface area (Å²) in [6.45, 7) is 5.26. The number of carbonyl (C=O) groups excluding carboxylic acids is 1. The molecule has 1 aromatic heterocycles. The van der Waals surface area contributed by atoms with Gasteiger partial charge >= 0.3 is 5.97 Å². The molecule has 2 rings (SSSR count). The molecule has 1 saturated heterocycles. The van der Waals surface area contributed by atoms with Crippen molar-refractivity contribution in [2.24, 2.45) is 0 Å². The van der Waals surface area contributed by atoms with Crippen molar-refractivity contribution in [3.63, 3.8) is 0 Å². The van der Waals surface area contributed by atoms with Crippen LogP contribution in [0.5, 0.6) is 0 Å². The second-order valence-electron chi connectivity index (χ2n) is 4.44. The third kappa shape index (κ3) is 3.48. The Kier molecular flexibility index (Phi) is 4.80. The number of hydrogen-bond donors (Lipinski definition) is 0. The molecule has 0 amide bonds. The zero-order valence-corrected chi connectivity index (χ0v) is 11.3. The van der Waals surface area contributed by atoms with Crippen LogP contribution in [-0.2, 0) is 27.4 Å². The third-order valence-electron chi connectivity index (χ3n) is 3.02. The smallest absolute Gasteiger partial charge is 0.336 e. The number of esters is 1. The number of tetrazole rings is 1. The molecule has 0 spiro atoms. The van der Waals surface area contributed by atoms with Gasteiger partial charge in [-0.15, -0.1) is 5.10 Å². The average Bonchev–Trinajstić information content (AvgIpc) is 2.86. The van der Waals surface area contributed by atoms with Gasteiger partial charge in [-0.25, -0.2) is 9.48 Å². The summed E-state index contributed by atoms with van der Waals surface area (Å²) in [6.07, 6.45) is 0.459. The number of morpholine rings is 1. The number of rotatable bonds is 5. The van der Waals surface area contributed by atoms with Crippen molar-refractivity contribution in [2.75, 3.05) is 26.8 Å². The van der Waals surface area contributed by atoms with Crippen LogP contribution in [0.4, 0.5) is 0 Å². The molecule has 0 saturated carbocycles. The van der Waals surface area contributed by atoms with Crippen LogP contribution in [0.1, 0.15) is 19.2 Å². The molecular formula is C11H19N5O3. The first-order valence-corrected chi connectivity index (χ1v) is 6.41. The Labute approximate surface area is 111 Å². The lowest BCUT2D eigenvalue weighted by Crippen LogP contribution is -2.46.